The van der Waals surface area contributed by atoms with E-state index in [-0.39, 0.29) is 11.6 Å². The summed E-state index contributed by atoms with van der Waals surface area (Å²) < 4.78 is 92.1. The van der Waals surface area contributed by atoms with Gasteiger partial charge in [0, 0.05) is 24.8 Å². The summed E-state index contributed by atoms with van der Waals surface area (Å²) in [7, 11) is 1.62. The van der Waals surface area contributed by atoms with Crippen LogP contribution in [0.15, 0.2) is 18.2 Å². The number of hydrogen-bond donors (Lipinski definition) is 0. The fourth-order valence-electron chi connectivity index (χ4n) is 4.27. The highest BCUT2D eigenvalue weighted by Crippen LogP contribution is 2.55. The summed E-state index contributed by atoms with van der Waals surface area (Å²) in [5.41, 5.74) is -5.83. The molecule has 1 fully saturated rings. The van der Waals surface area contributed by atoms with Crippen LogP contribution in [0.2, 0.25) is 0 Å². The summed E-state index contributed by atoms with van der Waals surface area (Å²) in [6.07, 6.45) is -10.4. The lowest BCUT2D eigenvalue weighted by Gasteiger charge is -2.39. The Balaban J connectivity index is 2.11. The minimum Gasteiger partial charge on any atom is -0.374 e. The van der Waals surface area contributed by atoms with Crippen molar-refractivity contribution in [1.29, 1.82) is 0 Å². The third-order valence-electron chi connectivity index (χ3n) is 5.69. The van der Waals surface area contributed by atoms with Crippen molar-refractivity contribution in [2.75, 3.05) is 18.5 Å². The fraction of sp³-hybridized carbons (Fsp3) is 0.647. The van der Waals surface area contributed by atoms with Gasteiger partial charge in [-0.05, 0) is 42.2 Å². The van der Waals surface area contributed by atoms with E-state index in [2.05, 4.69) is 6.92 Å². The largest absolute Gasteiger partial charge is 0.435 e. The number of nitrogens with zero attached hydrogens (tertiary/aromatic N) is 1. The first-order chi connectivity index (χ1) is 11.4. The van der Waals surface area contributed by atoms with E-state index in [9.17, 15) is 30.7 Å². The maximum atomic E-state index is 14.3. The van der Waals surface area contributed by atoms with Crippen LogP contribution in [0.3, 0.4) is 0 Å². The lowest BCUT2D eigenvalue weighted by Crippen LogP contribution is -2.50. The molecular weight excluding hydrogens is 351 g/mol. The zero-order valence-electron chi connectivity index (χ0n) is 13.7. The molecule has 25 heavy (non-hydrogen) atoms. The van der Waals surface area contributed by atoms with Gasteiger partial charge >= 0.3 is 18.0 Å². The molecule has 0 radical (unpaired) electrons. The first kappa shape index (κ1) is 18.3. The van der Waals surface area contributed by atoms with Gasteiger partial charge < -0.3 is 4.90 Å². The average molecular weight is 369 g/mol. The SMILES string of the molecule is CC1CCC2c3ccc(C(F)(C(F)(F)F)C(F)(F)F)cc3N(C)CC12. The Bertz CT molecular complexity index is 650. The van der Waals surface area contributed by atoms with Crippen molar-refractivity contribution in [2.45, 2.75) is 43.7 Å². The van der Waals surface area contributed by atoms with E-state index >= 15 is 0 Å². The molecule has 0 aromatic heterocycles. The summed E-state index contributed by atoms with van der Waals surface area (Å²) in [5, 5.41) is 0. The number of rotatable bonds is 1. The quantitative estimate of drug-likeness (QED) is 0.586. The molecule has 3 atom stereocenters. The van der Waals surface area contributed by atoms with Crippen molar-refractivity contribution in [2.24, 2.45) is 11.8 Å². The van der Waals surface area contributed by atoms with Crippen molar-refractivity contribution in [3.8, 4) is 0 Å². The Morgan fingerprint density at radius 1 is 0.960 bits per heavy atom. The smallest absolute Gasteiger partial charge is 0.374 e. The molecule has 1 heterocycles. The molecule has 1 aliphatic heterocycles. The van der Waals surface area contributed by atoms with Gasteiger partial charge in [-0.2, -0.15) is 26.3 Å². The molecule has 0 saturated heterocycles. The van der Waals surface area contributed by atoms with Crippen LogP contribution in [0.4, 0.5) is 36.4 Å². The average Bonchev–Trinajstić information content (AvgIpc) is 2.85. The third-order valence-corrected chi connectivity index (χ3v) is 5.69. The fourth-order valence-corrected chi connectivity index (χ4v) is 4.27. The van der Waals surface area contributed by atoms with Gasteiger partial charge in [0.05, 0.1) is 0 Å². The topological polar surface area (TPSA) is 3.24 Å². The first-order valence-corrected chi connectivity index (χ1v) is 8.06. The van der Waals surface area contributed by atoms with E-state index in [4.69, 9.17) is 0 Å². The maximum Gasteiger partial charge on any atom is 0.435 e. The summed E-state index contributed by atoms with van der Waals surface area (Å²) in [4.78, 5) is 1.63. The molecule has 1 nitrogen and oxygen atoms in total. The van der Waals surface area contributed by atoms with Crippen LogP contribution in [0, 0.1) is 11.8 Å². The molecule has 2 aliphatic rings. The van der Waals surface area contributed by atoms with Gasteiger partial charge in [0.2, 0.25) is 0 Å². The zero-order valence-corrected chi connectivity index (χ0v) is 13.7. The second-order valence-electron chi connectivity index (χ2n) is 7.13. The molecule has 8 heteroatoms. The summed E-state index contributed by atoms with van der Waals surface area (Å²) in [6, 6.07) is 2.59. The lowest BCUT2D eigenvalue weighted by atomic mass is 9.79. The van der Waals surface area contributed by atoms with Crippen molar-refractivity contribution >= 4 is 5.69 Å². The molecule has 1 aliphatic carbocycles. The van der Waals surface area contributed by atoms with E-state index in [0.29, 0.717) is 30.0 Å². The van der Waals surface area contributed by atoms with Crippen molar-refractivity contribution in [3.63, 3.8) is 0 Å². The Hall–Kier alpha value is -1.47. The molecule has 1 saturated carbocycles. The highest BCUT2D eigenvalue weighted by molar-refractivity contribution is 5.60. The Morgan fingerprint density at radius 3 is 2.12 bits per heavy atom. The number of hydrogen-bond acceptors (Lipinski definition) is 1. The van der Waals surface area contributed by atoms with E-state index in [1.54, 1.807) is 11.9 Å². The van der Waals surface area contributed by atoms with Crippen LogP contribution in [-0.2, 0) is 5.67 Å². The van der Waals surface area contributed by atoms with Crippen LogP contribution in [-0.4, -0.2) is 25.9 Å². The van der Waals surface area contributed by atoms with Gasteiger partial charge in [0.25, 0.3) is 0 Å². The molecule has 0 bridgehead atoms. The number of halogens is 7. The van der Waals surface area contributed by atoms with Gasteiger partial charge in [-0.3, -0.25) is 0 Å². The highest BCUT2D eigenvalue weighted by Gasteiger charge is 2.73. The molecule has 0 amide bonds. The van der Waals surface area contributed by atoms with Gasteiger partial charge in [0.15, 0.2) is 0 Å². The minimum absolute atomic E-state index is 0.0982. The van der Waals surface area contributed by atoms with Crippen LogP contribution in [0.1, 0.15) is 36.8 Å². The number of alkyl halides is 7. The van der Waals surface area contributed by atoms with Gasteiger partial charge in [0.1, 0.15) is 0 Å². The van der Waals surface area contributed by atoms with Gasteiger partial charge in [-0.15, -0.1) is 0 Å². The van der Waals surface area contributed by atoms with Crippen LogP contribution in [0.25, 0.3) is 0 Å². The van der Waals surface area contributed by atoms with E-state index in [1.807, 2.05) is 0 Å². The number of fused-ring (bicyclic) bond motifs is 3. The second-order valence-corrected chi connectivity index (χ2v) is 7.13. The Morgan fingerprint density at radius 2 is 1.56 bits per heavy atom. The molecule has 1 aromatic rings. The van der Waals surface area contributed by atoms with Crippen molar-refractivity contribution < 1.29 is 30.7 Å². The minimum atomic E-state index is -6.09. The van der Waals surface area contributed by atoms with Crippen molar-refractivity contribution in [3.05, 3.63) is 29.3 Å². The van der Waals surface area contributed by atoms with Crippen molar-refractivity contribution in [1.82, 2.24) is 0 Å². The molecule has 0 spiro atoms. The molecule has 3 rings (SSSR count). The Kier molecular flexibility index (Phi) is 4.04. The van der Waals surface area contributed by atoms with E-state index in [1.165, 1.54) is 6.07 Å². The summed E-state index contributed by atoms with van der Waals surface area (Å²) in [6.45, 7) is 2.64. The van der Waals surface area contributed by atoms with Gasteiger partial charge in [-0.25, -0.2) is 4.39 Å². The molecule has 0 N–H and O–H groups in total. The number of benzene rings is 1. The zero-order chi connectivity index (χ0) is 18.8. The predicted octanol–water partition coefficient (Wildman–Crippen LogP) is 5.56. The summed E-state index contributed by atoms with van der Waals surface area (Å²) in [5.74, 6) is 0.843. The van der Waals surface area contributed by atoms with Crippen LogP contribution in [0.5, 0.6) is 0 Å². The van der Waals surface area contributed by atoms with Crippen LogP contribution < -0.4 is 4.90 Å². The lowest BCUT2D eigenvalue weighted by molar-refractivity contribution is -0.348. The monoisotopic (exact) mass is 369 g/mol. The highest BCUT2D eigenvalue weighted by atomic mass is 19.4. The normalized spacial score (nSPS) is 27.2. The van der Waals surface area contributed by atoms with Crippen LogP contribution >= 0.6 is 0 Å². The Labute approximate surface area is 140 Å². The first-order valence-electron chi connectivity index (χ1n) is 8.06. The summed E-state index contributed by atoms with van der Waals surface area (Å²) >= 11 is 0. The molecule has 3 unspecified atom stereocenters. The van der Waals surface area contributed by atoms with Gasteiger partial charge in [-0.1, -0.05) is 19.1 Å². The number of anilines is 1. The van der Waals surface area contributed by atoms with E-state index < -0.39 is 23.6 Å². The van der Waals surface area contributed by atoms with E-state index in [0.717, 1.165) is 18.9 Å². The molecule has 1 aromatic carbocycles. The second kappa shape index (κ2) is 5.51. The standard InChI is InChI=1S/C17H18F7N/c1-9-3-5-11-12-6-4-10(7-14(12)25(2)8-13(9)11)15(18,16(19,20)21)17(22,23)24/h4,6-7,9,11,13H,3,5,8H2,1-2H3. The maximum absolute atomic E-state index is 14.3. The third kappa shape index (κ3) is 2.59. The predicted molar refractivity (Wildman–Crippen MR) is 79.2 cm³/mol. The molecular formula is C17H18F7N. The molecule has 140 valence electrons.